The molecular formula is C51H53ClF2N6O9S. The van der Waals surface area contributed by atoms with Gasteiger partial charge in [-0.2, -0.15) is 0 Å². The molecule has 15 nitrogen and oxygen atoms in total. The van der Waals surface area contributed by atoms with E-state index in [1.165, 1.54) is 41.5 Å². The zero-order valence-corrected chi connectivity index (χ0v) is 40.0. The van der Waals surface area contributed by atoms with Crippen LogP contribution in [0.2, 0.25) is 0 Å². The number of ether oxygens (including phenoxy) is 2. The zero-order chi connectivity index (χ0) is 49.2. The molecule has 3 aliphatic heterocycles. The Hall–Kier alpha value is -6.12. The molecule has 2 N–H and O–H groups in total. The Morgan fingerprint density at radius 2 is 1.37 bits per heavy atom. The second-order valence-corrected chi connectivity index (χ2v) is 19.6. The van der Waals surface area contributed by atoms with Crippen LogP contribution in [0.3, 0.4) is 0 Å². The van der Waals surface area contributed by atoms with Gasteiger partial charge in [0.1, 0.15) is 23.0 Å². The maximum atomic E-state index is 13.2. The lowest BCUT2D eigenvalue weighted by atomic mass is 10.0. The lowest BCUT2D eigenvalue weighted by Crippen LogP contribution is -2.42. The van der Waals surface area contributed by atoms with Gasteiger partial charge < -0.3 is 23.7 Å². The van der Waals surface area contributed by atoms with Gasteiger partial charge in [0.25, 0.3) is 20.9 Å². The SMILES string of the molecule is Cc1ccc(S(=O)(=O)Cl)cc1.O=C(NOC1CCCCO1)c1ncc2c(ccn2Cc2ccc(F)cc2)c1CCO.O=C1c2ncc3c(ccn3Cc3ccc(F)cc3)c2CCN1OC1CCCCO1. The van der Waals surface area contributed by atoms with E-state index in [-0.39, 0.29) is 47.4 Å². The van der Waals surface area contributed by atoms with Crippen molar-refractivity contribution in [1.29, 1.82) is 0 Å². The Morgan fingerprint density at radius 3 is 1.94 bits per heavy atom. The second kappa shape index (κ2) is 23.2. The Kier molecular flexibility index (Phi) is 16.7. The fourth-order valence-electron chi connectivity index (χ4n) is 8.42. The van der Waals surface area contributed by atoms with Gasteiger partial charge in [-0.15, -0.1) is 0 Å². The van der Waals surface area contributed by atoms with Gasteiger partial charge in [0.2, 0.25) is 0 Å². The maximum Gasteiger partial charge on any atom is 0.296 e. The summed E-state index contributed by atoms with van der Waals surface area (Å²) in [7, 11) is 1.54. The number of hydroxylamine groups is 3. The summed E-state index contributed by atoms with van der Waals surface area (Å²) >= 11 is 0. The van der Waals surface area contributed by atoms with Gasteiger partial charge in [-0.1, -0.05) is 42.0 Å². The summed E-state index contributed by atoms with van der Waals surface area (Å²) in [6.45, 7) is 4.69. The summed E-state index contributed by atoms with van der Waals surface area (Å²) in [5.74, 6) is -1.21. The van der Waals surface area contributed by atoms with Crippen molar-refractivity contribution in [3.05, 3.63) is 161 Å². The van der Waals surface area contributed by atoms with E-state index in [4.69, 9.17) is 29.8 Å². The van der Waals surface area contributed by atoms with Crippen LogP contribution in [0.4, 0.5) is 8.78 Å². The van der Waals surface area contributed by atoms with Crippen molar-refractivity contribution in [2.45, 2.75) is 88.9 Å². The number of nitrogens with zero attached hydrogens (tertiary/aromatic N) is 5. The van der Waals surface area contributed by atoms with E-state index in [9.17, 15) is 31.9 Å². The first-order valence-electron chi connectivity index (χ1n) is 23.1. The van der Waals surface area contributed by atoms with Gasteiger partial charge in [-0.05, 0) is 116 Å². The quantitative estimate of drug-likeness (QED) is 0.0886. The number of aliphatic hydroxyl groups excluding tert-OH is 1. The molecule has 368 valence electrons. The van der Waals surface area contributed by atoms with Gasteiger partial charge in [0.15, 0.2) is 12.6 Å². The number of rotatable bonds is 12. The number of halogens is 3. The van der Waals surface area contributed by atoms with Gasteiger partial charge in [-0.25, -0.2) is 47.4 Å². The molecule has 3 aromatic carbocycles. The summed E-state index contributed by atoms with van der Waals surface area (Å²) < 4.78 is 62.8. The van der Waals surface area contributed by atoms with Crippen LogP contribution in [-0.4, -0.2) is 88.4 Å². The largest absolute Gasteiger partial charge is 0.396 e. The molecule has 4 aromatic heterocycles. The fraction of sp³-hybridized carbons (Fsp3) is 0.333. The van der Waals surface area contributed by atoms with E-state index in [0.717, 1.165) is 82.6 Å². The molecular weight excluding hydrogens is 946 g/mol. The molecule has 19 heteroatoms. The van der Waals surface area contributed by atoms with Crippen LogP contribution in [0.25, 0.3) is 21.8 Å². The first-order valence-corrected chi connectivity index (χ1v) is 25.4. The van der Waals surface area contributed by atoms with E-state index in [1.807, 2.05) is 36.0 Å². The summed E-state index contributed by atoms with van der Waals surface area (Å²) in [6, 6.07) is 23.1. The van der Waals surface area contributed by atoms with Crippen molar-refractivity contribution >= 4 is 53.4 Å². The summed E-state index contributed by atoms with van der Waals surface area (Å²) in [6.07, 6.45) is 13.0. The minimum absolute atomic E-state index is 0.114. The van der Waals surface area contributed by atoms with Gasteiger partial charge >= 0.3 is 0 Å². The molecule has 7 heterocycles. The first-order chi connectivity index (χ1) is 33.8. The molecule has 0 bridgehead atoms. The Bertz CT molecular complexity index is 3010. The van der Waals surface area contributed by atoms with Gasteiger partial charge in [0, 0.05) is 79.6 Å². The van der Waals surface area contributed by atoms with Crippen LogP contribution < -0.4 is 5.48 Å². The highest BCUT2D eigenvalue weighted by molar-refractivity contribution is 8.13. The molecule has 0 aliphatic carbocycles. The smallest absolute Gasteiger partial charge is 0.296 e. The van der Waals surface area contributed by atoms with Crippen molar-refractivity contribution in [3.8, 4) is 0 Å². The average Bonchev–Trinajstić information content (AvgIpc) is 3.98. The fourth-order valence-corrected chi connectivity index (χ4v) is 9.19. The Labute approximate surface area is 408 Å². The summed E-state index contributed by atoms with van der Waals surface area (Å²) in [5, 5.41) is 12.8. The Morgan fingerprint density at radius 1 is 0.800 bits per heavy atom. The first kappa shape index (κ1) is 50.3. The number of aliphatic hydroxyl groups is 1. The molecule has 0 spiro atoms. The molecule has 2 saturated heterocycles. The molecule has 2 amide bonds. The summed E-state index contributed by atoms with van der Waals surface area (Å²) in [5.41, 5.74) is 9.45. The zero-order valence-electron chi connectivity index (χ0n) is 38.4. The van der Waals surface area contributed by atoms with Crippen molar-refractivity contribution < 1.29 is 51.0 Å². The van der Waals surface area contributed by atoms with Crippen molar-refractivity contribution in [1.82, 2.24) is 29.6 Å². The number of hydrogen-bond donors (Lipinski definition) is 2. The highest BCUT2D eigenvalue weighted by atomic mass is 35.7. The Balaban J connectivity index is 0.000000155. The number of hydrogen-bond acceptors (Lipinski definition) is 11. The molecule has 0 radical (unpaired) electrons. The van der Waals surface area contributed by atoms with Crippen LogP contribution in [0, 0.1) is 18.6 Å². The van der Waals surface area contributed by atoms with Crippen molar-refractivity contribution in [2.75, 3.05) is 26.4 Å². The number of aryl methyl sites for hydroxylation is 1. The lowest BCUT2D eigenvalue weighted by molar-refractivity contribution is -0.267. The third-order valence-corrected chi connectivity index (χ3v) is 13.4. The molecule has 3 aliphatic rings. The third kappa shape index (κ3) is 12.6. The number of fused-ring (bicyclic) bond motifs is 4. The van der Waals surface area contributed by atoms with E-state index < -0.39 is 21.2 Å². The highest BCUT2D eigenvalue weighted by Crippen LogP contribution is 2.29. The molecule has 7 aromatic rings. The predicted molar refractivity (Wildman–Crippen MR) is 257 cm³/mol. The predicted octanol–water partition coefficient (Wildman–Crippen LogP) is 8.55. The minimum atomic E-state index is -3.55. The van der Waals surface area contributed by atoms with Crippen LogP contribution in [0.5, 0.6) is 0 Å². The number of nitrogens with one attached hydrogen (secondary N) is 1. The average molecular weight is 1000 g/mol. The molecule has 2 unspecified atom stereocenters. The van der Waals surface area contributed by atoms with Crippen molar-refractivity contribution in [3.63, 3.8) is 0 Å². The van der Waals surface area contributed by atoms with E-state index >= 15 is 0 Å². The third-order valence-electron chi connectivity index (χ3n) is 12.1. The summed E-state index contributed by atoms with van der Waals surface area (Å²) in [4.78, 5) is 45.7. The van der Waals surface area contributed by atoms with Crippen LogP contribution in [-0.2, 0) is 54.1 Å². The van der Waals surface area contributed by atoms with Crippen LogP contribution in [0.15, 0.2) is 115 Å². The standard InChI is InChI=1S/C22H24FN3O4.C22H22FN3O3.C7H7ClO2S/c23-16-6-4-15(5-7-16)14-26-10-8-17-18(9-11-27)21(24-13-19(17)26)22(28)25-30-20-3-1-2-12-29-20;23-16-6-4-15(5-7-16)14-25-10-8-17-18-9-11-26(29-20-3-1-2-12-28-20)22(27)21(18)24-13-19(17)25;1-6-2-4-7(5-3-6)11(8,9)10/h4-8,10,13,20,27H,1-3,9,11-12,14H2,(H,25,28);4-8,10,13,20H,1-3,9,11-12,14H2;2-5H,1H3. The molecule has 0 saturated carbocycles. The molecule has 10 rings (SSSR count). The number of aromatic nitrogens is 4. The molecule has 70 heavy (non-hydrogen) atoms. The number of amides is 2. The maximum absolute atomic E-state index is 13.2. The van der Waals surface area contributed by atoms with Crippen molar-refractivity contribution in [2.24, 2.45) is 0 Å². The van der Waals surface area contributed by atoms with Gasteiger partial charge in [0.05, 0.1) is 34.9 Å². The number of carbonyl (C=O) groups excluding carboxylic acids is 2. The van der Waals surface area contributed by atoms with Crippen LogP contribution in [0.1, 0.15) is 87.3 Å². The molecule has 2 fully saturated rings. The van der Waals surface area contributed by atoms with E-state index in [1.54, 1.807) is 48.8 Å². The second-order valence-electron chi connectivity index (χ2n) is 17.0. The normalized spacial score (nSPS) is 17.0. The van der Waals surface area contributed by atoms with Crippen LogP contribution >= 0.6 is 10.7 Å². The minimum Gasteiger partial charge on any atom is -0.396 e. The highest BCUT2D eigenvalue weighted by Gasteiger charge is 2.31. The lowest BCUT2D eigenvalue weighted by Gasteiger charge is -2.32. The number of carbonyl (C=O) groups is 2. The topological polar surface area (TPSA) is 176 Å². The van der Waals surface area contributed by atoms with Gasteiger partial charge in [-0.3, -0.25) is 9.59 Å². The number of benzene rings is 3. The van der Waals surface area contributed by atoms with E-state index in [0.29, 0.717) is 50.5 Å². The molecule has 2 atom stereocenters. The monoisotopic (exact) mass is 998 g/mol. The van der Waals surface area contributed by atoms with E-state index in [2.05, 4.69) is 20.0 Å². The number of pyridine rings is 2.